The van der Waals surface area contributed by atoms with Crippen molar-refractivity contribution in [2.24, 2.45) is 5.41 Å². The Balaban J connectivity index is 2.12. The van der Waals surface area contributed by atoms with Crippen LogP contribution in [0.3, 0.4) is 0 Å². The van der Waals surface area contributed by atoms with Crippen molar-refractivity contribution >= 4 is 0 Å². The Morgan fingerprint density at radius 2 is 1.39 bits per heavy atom. The Kier molecular flexibility index (Phi) is 3.20. The molecule has 0 amide bonds. The topological polar surface area (TPSA) is 92.8 Å². The maximum atomic E-state index is 12.0. The highest BCUT2D eigenvalue weighted by atomic mass is 16.6. The molecule has 4 rings (SSSR count). The van der Waals surface area contributed by atoms with Gasteiger partial charge in [-0.2, -0.15) is 0 Å². The number of rotatable bonds is 5. The van der Waals surface area contributed by atoms with Crippen LogP contribution in [0.1, 0.15) is 33.6 Å². The SMILES string of the molecule is C=CCCC1(C)N2CC3([N+](=O)[O-])CN1CC([N+](=O)[O-])(C2)C3(C)C. The van der Waals surface area contributed by atoms with E-state index in [-0.39, 0.29) is 41.7 Å². The molecule has 4 heterocycles. The third-order valence-electron chi connectivity index (χ3n) is 7.02. The minimum absolute atomic E-state index is 0.267. The number of hydrogen-bond donors (Lipinski definition) is 0. The van der Waals surface area contributed by atoms with Crippen LogP contribution in [-0.4, -0.2) is 62.6 Å². The summed E-state index contributed by atoms with van der Waals surface area (Å²) in [7, 11) is 0. The molecule has 0 N–H and O–H groups in total. The second-order valence-corrected chi connectivity index (χ2v) is 7.96. The van der Waals surface area contributed by atoms with E-state index in [1.54, 1.807) is 13.8 Å². The van der Waals surface area contributed by atoms with Crippen LogP contribution in [0.25, 0.3) is 0 Å². The maximum Gasteiger partial charge on any atom is 0.259 e. The van der Waals surface area contributed by atoms with Crippen molar-refractivity contribution < 1.29 is 9.85 Å². The molecule has 0 radical (unpaired) electrons. The fraction of sp³-hybridized carbons (Fsp3) is 0.867. The summed E-state index contributed by atoms with van der Waals surface area (Å²) in [5, 5.41) is 23.9. The van der Waals surface area contributed by atoms with Gasteiger partial charge in [-0.25, -0.2) is 0 Å². The highest BCUT2D eigenvalue weighted by molar-refractivity contribution is 5.24. The van der Waals surface area contributed by atoms with Crippen molar-refractivity contribution in [1.82, 2.24) is 9.80 Å². The van der Waals surface area contributed by atoms with E-state index in [1.165, 1.54) is 0 Å². The quantitative estimate of drug-likeness (QED) is 0.431. The minimum Gasteiger partial charge on any atom is -0.271 e. The van der Waals surface area contributed by atoms with Crippen LogP contribution < -0.4 is 0 Å². The van der Waals surface area contributed by atoms with E-state index < -0.39 is 16.5 Å². The number of hydrogen-bond acceptors (Lipinski definition) is 6. The first kappa shape index (κ1) is 16.3. The fourth-order valence-electron chi connectivity index (χ4n) is 4.96. The Bertz CT molecular complexity index is 536. The Hall–Kier alpha value is -1.54. The van der Waals surface area contributed by atoms with Crippen molar-refractivity contribution in [2.45, 2.75) is 50.4 Å². The van der Waals surface area contributed by atoms with Crippen LogP contribution >= 0.6 is 0 Å². The van der Waals surface area contributed by atoms with Gasteiger partial charge in [0.25, 0.3) is 11.1 Å². The van der Waals surface area contributed by atoms with Gasteiger partial charge in [0.05, 0.1) is 31.8 Å². The molecule has 8 nitrogen and oxygen atoms in total. The number of nitro groups is 2. The Morgan fingerprint density at radius 1 is 1.00 bits per heavy atom. The summed E-state index contributed by atoms with van der Waals surface area (Å²) in [6, 6.07) is 0. The number of allylic oxidation sites excluding steroid dienone is 1. The molecular weight excluding hydrogens is 300 g/mol. The van der Waals surface area contributed by atoms with Gasteiger partial charge in [0.15, 0.2) is 0 Å². The molecule has 8 heteroatoms. The molecule has 0 aromatic carbocycles. The molecule has 0 spiro atoms. The van der Waals surface area contributed by atoms with Crippen molar-refractivity contribution in [3.05, 3.63) is 32.9 Å². The zero-order valence-corrected chi connectivity index (χ0v) is 13.9. The van der Waals surface area contributed by atoms with Gasteiger partial charge in [-0.1, -0.05) is 6.08 Å². The summed E-state index contributed by atoms with van der Waals surface area (Å²) in [6.45, 7) is 10.3. The molecule has 0 saturated carbocycles. The van der Waals surface area contributed by atoms with Gasteiger partial charge >= 0.3 is 0 Å². The standard InChI is InChI=1S/C15H24N4O4/c1-5-6-7-13(4)16-8-14(18(20)21)9-17(13)11-15(10-16,19(22)23)12(14,2)3/h5H,1,6-11H2,2-4H3. The largest absolute Gasteiger partial charge is 0.271 e. The molecule has 23 heavy (non-hydrogen) atoms. The van der Waals surface area contributed by atoms with Crippen LogP contribution in [0, 0.1) is 25.6 Å². The Labute approximate surface area is 135 Å². The maximum absolute atomic E-state index is 12.0. The predicted octanol–water partition coefficient (Wildman–Crippen LogP) is 1.37. The molecule has 128 valence electrons. The van der Waals surface area contributed by atoms with Gasteiger partial charge in [-0.05, 0) is 33.6 Å². The van der Waals surface area contributed by atoms with Gasteiger partial charge in [0, 0.05) is 9.85 Å². The highest BCUT2D eigenvalue weighted by Gasteiger charge is 2.83. The smallest absolute Gasteiger partial charge is 0.259 e. The molecule has 0 aromatic heterocycles. The van der Waals surface area contributed by atoms with E-state index in [9.17, 15) is 20.2 Å². The van der Waals surface area contributed by atoms with Gasteiger partial charge < -0.3 is 0 Å². The lowest BCUT2D eigenvalue weighted by atomic mass is 9.52. The molecule has 0 atom stereocenters. The summed E-state index contributed by atoms with van der Waals surface area (Å²) in [5.41, 5.74) is -3.97. The molecule has 0 aliphatic carbocycles. The number of nitrogens with zero attached hydrogens (tertiary/aromatic N) is 4. The molecule has 4 aliphatic rings. The van der Waals surface area contributed by atoms with E-state index in [0.29, 0.717) is 0 Å². The van der Waals surface area contributed by atoms with E-state index in [4.69, 9.17) is 0 Å². The zero-order chi connectivity index (χ0) is 17.3. The zero-order valence-electron chi connectivity index (χ0n) is 13.9. The van der Waals surface area contributed by atoms with Crippen molar-refractivity contribution in [1.29, 1.82) is 0 Å². The second-order valence-electron chi connectivity index (χ2n) is 7.96. The Morgan fingerprint density at radius 3 is 1.70 bits per heavy atom. The average molecular weight is 324 g/mol. The first-order valence-electron chi connectivity index (χ1n) is 7.97. The summed E-state index contributed by atoms with van der Waals surface area (Å²) in [4.78, 5) is 27.4. The van der Waals surface area contributed by atoms with Crippen LogP contribution in [0.15, 0.2) is 12.7 Å². The first-order valence-corrected chi connectivity index (χ1v) is 7.97. The second kappa shape index (κ2) is 4.51. The fourth-order valence-corrected chi connectivity index (χ4v) is 4.96. The summed E-state index contributed by atoms with van der Waals surface area (Å²) in [5.74, 6) is 0. The van der Waals surface area contributed by atoms with Crippen LogP contribution in [0.2, 0.25) is 0 Å². The van der Waals surface area contributed by atoms with Crippen molar-refractivity contribution in [2.75, 3.05) is 26.2 Å². The molecule has 4 saturated heterocycles. The molecule has 4 fully saturated rings. The normalized spacial score (nSPS) is 46.6. The third kappa shape index (κ3) is 1.63. The molecule has 0 aromatic rings. The van der Waals surface area contributed by atoms with E-state index in [0.717, 1.165) is 12.8 Å². The third-order valence-corrected chi connectivity index (χ3v) is 7.02. The summed E-state index contributed by atoms with van der Waals surface area (Å²) in [6.07, 6.45) is 3.39. The number of piperidine rings is 2. The predicted molar refractivity (Wildman–Crippen MR) is 84.2 cm³/mol. The van der Waals surface area contributed by atoms with E-state index in [1.807, 2.05) is 22.8 Å². The summed E-state index contributed by atoms with van der Waals surface area (Å²) < 4.78 is 0. The minimum atomic E-state index is -1.30. The van der Waals surface area contributed by atoms with Gasteiger partial charge in [0.2, 0.25) is 0 Å². The molecule has 0 unspecified atom stereocenters. The van der Waals surface area contributed by atoms with Crippen LogP contribution in [0.4, 0.5) is 0 Å². The van der Waals surface area contributed by atoms with Crippen LogP contribution in [-0.2, 0) is 0 Å². The van der Waals surface area contributed by atoms with Crippen molar-refractivity contribution in [3.63, 3.8) is 0 Å². The van der Waals surface area contributed by atoms with E-state index in [2.05, 4.69) is 6.58 Å². The molecule has 4 bridgehead atoms. The molecule has 4 aliphatic heterocycles. The first-order chi connectivity index (χ1) is 10.6. The van der Waals surface area contributed by atoms with Gasteiger partial charge in [-0.3, -0.25) is 30.0 Å². The summed E-state index contributed by atoms with van der Waals surface area (Å²) >= 11 is 0. The monoisotopic (exact) mass is 324 g/mol. The lowest BCUT2D eigenvalue weighted by Gasteiger charge is -2.69. The van der Waals surface area contributed by atoms with E-state index >= 15 is 0 Å². The van der Waals surface area contributed by atoms with Gasteiger partial charge in [-0.15, -0.1) is 6.58 Å². The molecular formula is C15H24N4O4. The highest BCUT2D eigenvalue weighted by Crippen LogP contribution is 2.58. The lowest BCUT2D eigenvalue weighted by Crippen LogP contribution is -2.92. The van der Waals surface area contributed by atoms with Crippen molar-refractivity contribution in [3.8, 4) is 0 Å². The van der Waals surface area contributed by atoms with Crippen LogP contribution in [0.5, 0.6) is 0 Å². The lowest BCUT2D eigenvalue weighted by molar-refractivity contribution is -0.681. The average Bonchev–Trinajstić information content (AvgIpc) is 2.43. The van der Waals surface area contributed by atoms with Gasteiger partial charge in [0.1, 0.15) is 5.41 Å².